The molecular formula is C9H16O3. The Kier molecular flexibility index (Phi) is 2.42. The molecule has 1 unspecified atom stereocenters. The zero-order chi connectivity index (χ0) is 9.35. The van der Waals surface area contributed by atoms with E-state index >= 15 is 0 Å². The number of rotatable bonds is 3. The average Bonchev–Trinajstić information content (AvgIpc) is 1.83. The quantitative estimate of drug-likeness (QED) is 0.673. The van der Waals surface area contributed by atoms with Crippen molar-refractivity contribution in [1.82, 2.24) is 0 Å². The second-order valence-corrected chi connectivity index (χ2v) is 4.16. The molecule has 0 saturated heterocycles. The smallest absolute Gasteiger partial charge is 0.311 e. The number of carboxylic acid groups (broad SMARTS) is 1. The van der Waals surface area contributed by atoms with Crippen LogP contribution in [0.15, 0.2) is 0 Å². The topological polar surface area (TPSA) is 57.5 Å². The Balaban J connectivity index is 2.59. The molecule has 0 spiro atoms. The zero-order valence-electron chi connectivity index (χ0n) is 7.58. The van der Waals surface area contributed by atoms with E-state index < -0.39 is 17.5 Å². The van der Waals surface area contributed by atoms with Crippen LogP contribution in [-0.2, 0) is 4.79 Å². The Morgan fingerprint density at radius 3 is 2.25 bits per heavy atom. The van der Waals surface area contributed by atoms with Crippen LogP contribution < -0.4 is 0 Å². The van der Waals surface area contributed by atoms with Gasteiger partial charge in [-0.2, -0.15) is 0 Å². The van der Waals surface area contributed by atoms with Gasteiger partial charge in [-0.1, -0.05) is 6.42 Å². The minimum absolute atomic E-state index is 0.205. The molecule has 0 amide bonds. The largest absolute Gasteiger partial charge is 0.481 e. The van der Waals surface area contributed by atoms with Gasteiger partial charge in [0.15, 0.2) is 0 Å². The summed E-state index contributed by atoms with van der Waals surface area (Å²) < 4.78 is 0. The van der Waals surface area contributed by atoms with Crippen molar-refractivity contribution in [3.63, 3.8) is 0 Å². The van der Waals surface area contributed by atoms with Gasteiger partial charge in [-0.25, -0.2) is 0 Å². The van der Waals surface area contributed by atoms with E-state index in [0.717, 1.165) is 19.3 Å². The highest BCUT2D eigenvalue weighted by molar-refractivity contribution is 5.74. The summed E-state index contributed by atoms with van der Waals surface area (Å²) in [7, 11) is 0. The lowest BCUT2D eigenvalue weighted by atomic mass is 9.71. The molecule has 2 N–H and O–H groups in total. The molecule has 1 aliphatic carbocycles. The van der Waals surface area contributed by atoms with Crippen LogP contribution in [-0.4, -0.2) is 22.3 Å². The molecule has 0 radical (unpaired) electrons. The van der Waals surface area contributed by atoms with Crippen LogP contribution in [0.1, 0.15) is 33.1 Å². The molecule has 70 valence electrons. The first-order valence-electron chi connectivity index (χ1n) is 4.37. The Morgan fingerprint density at radius 1 is 1.50 bits per heavy atom. The SMILES string of the molecule is CC(C)(C(=O)O)C(O)C1CCC1. The van der Waals surface area contributed by atoms with E-state index in [1.807, 2.05) is 0 Å². The number of hydrogen-bond acceptors (Lipinski definition) is 2. The molecule has 0 heterocycles. The number of aliphatic carboxylic acids is 1. The van der Waals surface area contributed by atoms with Crippen molar-refractivity contribution in [3.8, 4) is 0 Å². The van der Waals surface area contributed by atoms with Crippen LogP contribution >= 0.6 is 0 Å². The molecule has 0 aliphatic heterocycles. The molecule has 12 heavy (non-hydrogen) atoms. The second kappa shape index (κ2) is 3.05. The van der Waals surface area contributed by atoms with Gasteiger partial charge in [0.2, 0.25) is 0 Å². The predicted octanol–water partition coefficient (Wildman–Crippen LogP) is 1.26. The standard InChI is InChI=1S/C9H16O3/c1-9(2,8(11)12)7(10)6-4-3-5-6/h6-7,10H,3-5H2,1-2H3,(H,11,12). The maximum Gasteiger partial charge on any atom is 0.311 e. The lowest BCUT2D eigenvalue weighted by Crippen LogP contribution is -2.44. The number of carbonyl (C=O) groups is 1. The highest BCUT2D eigenvalue weighted by Gasteiger charge is 2.42. The molecule has 3 nitrogen and oxygen atoms in total. The molecule has 1 fully saturated rings. The summed E-state index contributed by atoms with van der Waals surface area (Å²) in [4.78, 5) is 10.7. The van der Waals surface area contributed by atoms with Crippen molar-refractivity contribution in [1.29, 1.82) is 0 Å². The fourth-order valence-electron chi connectivity index (χ4n) is 1.47. The summed E-state index contributed by atoms with van der Waals surface area (Å²) in [5.41, 5.74) is -0.995. The van der Waals surface area contributed by atoms with Crippen molar-refractivity contribution in [2.24, 2.45) is 11.3 Å². The third-order valence-corrected chi connectivity index (χ3v) is 2.89. The Hall–Kier alpha value is -0.570. The summed E-state index contributed by atoms with van der Waals surface area (Å²) in [5.74, 6) is -0.710. The Labute approximate surface area is 72.4 Å². The van der Waals surface area contributed by atoms with Crippen LogP contribution in [0.2, 0.25) is 0 Å². The van der Waals surface area contributed by atoms with Crippen molar-refractivity contribution >= 4 is 5.97 Å². The number of aliphatic hydroxyl groups is 1. The summed E-state index contributed by atoms with van der Waals surface area (Å²) in [5, 5.41) is 18.5. The number of hydrogen-bond donors (Lipinski definition) is 2. The van der Waals surface area contributed by atoms with Gasteiger partial charge in [0.05, 0.1) is 11.5 Å². The first-order chi connectivity index (χ1) is 5.46. The van der Waals surface area contributed by atoms with Crippen LogP contribution in [0, 0.1) is 11.3 Å². The molecule has 3 heteroatoms. The van der Waals surface area contributed by atoms with Crippen LogP contribution in [0.25, 0.3) is 0 Å². The third-order valence-electron chi connectivity index (χ3n) is 2.89. The molecule has 1 rings (SSSR count). The monoisotopic (exact) mass is 172 g/mol. The van der Waals surface area contributed by atoms with Gasteiger partial charge < -0.3 is 10.2 Å². The van der Waals surface area contributed by atoms with Gasteiger partial charge in [0.1, 0.15) is 0 Å². The molecule has 1 aliphatic rings. The fraction of sp³-hybridized carbons (Fsp3) is 0.889. The van der Waals surface area contributed by atoms with E-state index in [0.29, 0.717) is 0 Å². The highest BCUT2D eigenvalue weighted by atomic mass is 16.4. The van der Waals surface area contributed by atoms with Gasteiger partial charge in [0, 0.05) is 0 Å². The molecule has 0 aromatic carbocycles. The van der Waals surface area contributed by atoms with Crippen LogP contribution in [0.3, 0.4) is 0 Å². The van der Waals surface area contributed by atoms with Gasteiger partial charge in [-0.15, -0.1) is 0 Å². The third kappa shape index (κ3) is 1.46. The minimum atomic E-state index is -0.995. The van der Waals surface area contributed by atoms with Crippen molar-refractivity contribution in [2.45, 2.75) is 39.2 Å². The van der Waals surface area contributed by atoms with Gasteiger partial charge in [0.25, 0.3) is 0 Å². The van der Waals surface area contributed by atoms with Gasteiger partial charge in [-0.3, -0.25) is 4.79 Å². The van der Waals surface area contributed by atoms with Crippen LogP contribution in [0.5, 0.6) is 0 Å². The van der Waals surface area contributed by atoms with E-state index in [9.17, 15) is 9.90 Å². The van der Waals surface area contributed by atoms with Gasteiger partial charge >= 0.3 is 5.97 Å². The Bertz CT molecular complexity index is 182. The lowest BCUT2D eigenvalue weighted by molar-refractivity contribution is -0.157. The molecule has 1 atom stereocenters. The first kappa shape index (κ1) is 9.52. The van der Waals surface area contributed by atoms with E-state index in [4.69, 9.17) is 5.11 Å². The summed E-state index contributed by atoms with van der Waals surface area (Å²) in [6.07, 6.45) is 2.37. The summed E-state index contributed by atoms with van der Waals surface area (Å²) >= 11 is 0. The maximum atomic E-state index is 10.7. The van der Waals surface area contributed by atoms with Crippen molar-refractivity contribution < 1.29 is 15.0 Å². The molecule has 0 aromatic heterocycles. The number of aliphatic hydroxyl groups excluding tert-OH is 1. The second-order valence-electron chi connectivity index (χ2n) is 4.16. The molecule has 0 bridgehead atoms. The number of carboxylic acids is 1. The minimum Gasteiger partial charge on any atom is -0.481 e. The van der Waals surface area contributed by atoms with Crippen molar-refractivity contribution in [2.75, 3.05) is 0 Å². The van der Waals surface area contributed by atoms with E-state index in [2.05, 4.69) is 0 Å². The maximum absolute atomic E-state index is 10.7. The molecule has 0 aromatic rings. The van der Waals surface area contributed by atoms with Crippen LogP contribution in [0.4, 0.5) is 0 Å². The van der Waals surface area contributed by atoms with Gasteiger partial charge in [-0.05, 0) is 32.6 Å². The van der Waals surface area contributed by atoms with E-state index in [1.54, 1.807) is 13.8 Å². The van der Waals surface area contributed by atoms with E-state index in [-0.39, 0.29) is 5.92 Å². The molecule has 1 saturated carbocycles. The average molecular weight is 172 g/mol. The summed E-state index contributed by atoms with van der Waals surface area (Å²) in [6, 6.07) is 0. The highest BCUT2D eigenvalue weighted by Crippen LogP contribution is 2.37. The molecular weight excluding hydrogens is 156 g/mol. The van der Waals surface area contributed by atoms with Crippen molar-refractivity contribution in [3.05, 3.63) is 0 Å². The lowest BCUT2D eigenvalue weighted by Gasteiger charge is -2.37. The first-order valence-corrected chi connectivity index (χ1v) is 4.37. The zero-order valence-corrected chi connectivity index (χ0v) is 7.58. The Morgan fingerprint density at radius 2 is 2.00 bits per heavy atom. The fourth-order valence-corrected chi connectivity index (χ4v) is 1.47. The summed E-state index contributed by atoms with van der Waals surface area (Å²) in [6.45, 7) is 3.16. The van der Waals surface area contributed by atoms with E-state index in [1.165, 1.54) is 0 Å². The predicted molar refractivity (Wildman–Crippen MR) is 44.8 cm³/mol. The normalized spacial score (nSPS) is 21.6.